The molecule has 1 heterocycles. The molecule has 0 radical (unpaired) electrons. The van der Waals surface area contributed by atoms with Crippen LogP contribution in [-0.4, -0.2) is 60.5 Å². The molecule has 21 heavy (non-hydrogen) atoms. The molecule has 0 spiro atoms. The second-order valence-electron chi connectivity index (χ2n) is 5.84. The van der Waals surface area contributed by atoms with Gasteiger partial charge in [0.05, 0.1) is 12.1 Å². The summed E-state index contributed by atoms with van der Waals surface area (Å²) < 4.78 is 0. The summed E-state index contributed by atoms with van der Waals surface area (Å²) in [7, 11) is 3.79. The van der Waals surface area contributed by atoms with Crippen molar-refractivity contribution >= 4 is 11.9 Å². The highest BCUT2D eigenvalue weighted by Crippen LogP contribution is 2.27. The van der Waals surface area contributed by atoms with Crippen LogP contribution in [0.2, 0.25) is 0 Å². The van der Waals surface area contributed by atoms with Crippen molar-refractivity contribution in [2.24, 2.45) is 0 Å². The van der Waals surface area contributed by atoms with Crippen LogP contribution in [0.5, 0.6) is 0 Å². The Hall–Kier alpha value is -1.88. The second kappa shape index (κ2) is 6.72. The van der Waals surface area contributed by atoms with Crippen molar-refractivity contribution in [1.29, 1.82) is 0 Å². The minimum Gasteiger partial charge on any atom is -0.478 e. The molecule has 2 rings (SSSR count). The molecule has 1 aliphatic heterocycles. The molecule has 1 saturated heterocycles. The fraction of sp³-hybridized carbons (Fsp3) is 0.500. The Kier molecular flexibility index (Phi) is 4.96. The fourth-order valence-corrected chi connectivity index (χ4v) is 2.74. The summed E-state index contributed by atoms with van der Waals surface area (Å²) in [5, 5.41) is 8.93. The number of nitrogens with zero attached hydrogens (tertiary/aromatic N) is 2. The average Bonchev–Trinajstić information content (AvgIpc) is 2.47. The Bertz CT molecular complexity index is 511. The van der Waals surface area contributed by atoms with Crippen molar-refractivity contribution < 1.29 is 14.7 Å². The molecule has 1 N–H and O–H groups in total. The van der Waals surface area contributed by atoms with Gasteiger partial charge in [-0.05, 0) is 44.6 Å². The number of carbonyl (C=O) groups is 2. The molecule has 5 heteroatoms. The van der Waals surface area contributed by atoms with E-state index in [4.69, 9.17) is 5.11 Å². The van der Waals surface area contributed by atoms with Crippen LogP contribution in [0.3, 0.4) is 0 Å². The van der Waals surface area contributed by atoms with Gasteiger partial charge < -0.3 is 14.9 Å². The van der Waals surface area contributed by atoms with Gasteiger partial charge in [0.2, 0.25) is 5.91 Å². The van der Waals surface area contributed by atoms with E-state index in [1.54, 1.807) is 12.1 Å². The zero-order chi connectivity index (χ0) is 15.4. The van der Waals surface area contributed by atoms with E-state index >= 15 is 0 Å². The van der Waals surface area contributed by atoms with Gasteiger partial charge in [-0.2, -0.15) is 0 Å². The van der Waals surface area contributed by atoms with E-state index in [1.165, 1.54) is 0 Å². The van der Waals surface area contributed by atoms with Crippen molar-refractivity contribution in [3.63, 3.8) is 0 Å². The Morgan fingerprint density at radius 3 is 2.52 bits per heavy atom. The van der Waals surface area contributed by atoms with Crippen molar-refractivity contribution in [3.8, 4) is 0 Å². The molecular formula is C16H22N2O3. The lowest BCUT2D eigenvalue weighted by atomic mass is 9.90. The SMILES string of the molecule is CN(C)CC(=O)N1CCC[C@@H](c2ccc(C(=O)O)cc2)C1. The van der Waals surface area contributed by atoms with Gasteiger partial charge in [0.25, 0.3) is 0 Å². The topological polar surface area (TPSA) is 60.9 Å². The van der Waals surface area contributed by atoms with Gasteiger partial charge in [0.1, 0.15) is 0 Å². The van der Waals surface area contributed by atoms with Crippen LogP contribution < -0.4 is 0 Å². The zero-order valence-electron chi connectivity index (χ0n) is 12.6. The van der Waals surface area contributed by atoms with E-state index in [1.807, 2.05) is 36.0 Å². The van der Waals surface area contributed by atoms with Gasteiger partial charge >= 0.3 is 5.97 Å². The molecule has 1 aromatic rings. The maximum Gasteiger partial charge on any atom is 0.335 e. The van der Waals surface area contributed by atoms with Crippen LogP contribution in [0.1, 0.15) is 34.7 Å². The number of amides is 1. The van der Waals surface area contributed by atoms with Gasteiger partial charge in [-0.3, -0.25) is 4.79 Å². The van der Waals surface area contributed by atoms with Crippen molar-refractivity contribution in [3.05, 3.63) is 35.4 Å². The maximum absolute atomic E-state index is 12.1. The number of hydrogen-bond donors (Lipinski definition) is 1. The lowest BCUT2D eigenvalue weighted by Crippen LogP contribution is -2.43. The molecule has 0 saturated carbocycles. The van der Waals surface area contributed by atoms with E-state index in [0.29, 0.717) is 18.0 Å². The van der Waals surface area contributed by atoms with Crippen LogP contribution in [-0.2, 0) is 4.79 Å². The smallest absolute Gasteiger partial charge is 0.335 e. The summed E-state index contributed by atoms with van der Waals surface area (Å²) in [5.74, 6) is -0.451. The third-order valence-electron chi connectivity index (χ3n) is 3.85. The lowest BCUT2D eigenvalue weighted by molar-refractivity contribution is -0.133. The first-order valence-corrected chi connectivity index (χ1v) is 7.23. The third kappa shape index (κ3) is 4.04. The van der Waals surface area contributed by atoms with Gasteiger partial charge in [0, 0.05) is 19.0 Å². The summed E-state index contributed by atoms with van der Waals surface area (Å²) in [6.07, 6.45) is 2.03. The van der Waals surface area contributed by atoms with Crippen LogP contribution >= 0.6 is 0 Å². The number of likely N-dealkylation sites (tertiary alicyclic amines) is 1. The number of benzene rings is 1. The number of aromatic carboxylic acids is 1. The molecular weight excluding hydrogens is 268 g/mol. The molecule has 5 nitrogen and oxygen atoms in total. The Balaban J connectivity index is 2.03. The monoisotopic (exact) mass is 290 g/mol. The molecule has 0 aromatic heterocycles. The normalized spacial score (nSPS) is 18.8. The molecule has 0 aliphatic carbocycles. The predicted octanol–water partition coefficient (Wildman–Crippen LogP) is 1.65. The second-order valence-corrected chi connectivity index (χ2v) is 5.84. The molecule has 1 atom stereocenters. The standard InChI is InChI=1S/C16H22N2O3/c1-17(2)11-15(19)18-9-3-4-14(10-18)12-5-7-13(8-6-12)16(20)21/h5-8,14H,3-4,9-11H2,1-2H3,(H,20,21)/t14-/m1/s1. The first-order chi connectivity index (χ1) is 9.97. The molecule has 1 fully saturated rings. The number of carboxylic acids is 1. The Labute approximate surface area is 125 Å². The molecule has 0 bridgehead atoms. The summed E-state index contributed by atoms with van der Waals surface area (Å²) in [4.78, 5) is 26.8. The van der Waals surface area contributed by atoms with E-state index < -0.39 is 5.97 Å². The number of rotatable bonds is 4. The summed E-state index contributed by atoms with van der Waals surface area (Å²) in [5.41, 5.74) is 1.41. The Morgan fingerprint density at radius 1 is 1.29 bits per heavy atom. The summed E-state index contributed by atoms with van der Waals surface area (Å²) >= 11 is 0. The van der Waals surface area contributed by atoms with Crippen molar-refractivity contribution in [1.82, 2.24) is 9.80 Å². The maximum atomic E-state index is 12.1. The highest BCUT2D eigenvalue weighted by atomic mass is 16.4. The van der Waals surface area contributed by atoms with Gasteiger partial charge in [-0.25, -0.2) is 4.79 Å². The predicted molar refractivity (Wildman–Crippen MR) is 80.5 cm³/mol. The number of carbonyl (C=O) groups excluding carboxylic acids is 1. The van der Waals surface area contributed by atoms with Gasteiger partial charge in [-0.1, -0.05) is 12.1 Å². The molecule has 1 aromatic carbocycles. The first kappa shape index (κ1) is 15.5. The number of carboxylic acid groups (broad SMARTS) is 1. The van der Waals surface area contributed by atoms with Crippen LogP contribution in [0.15, 0.2) is 24.3 Å². The van der Waals surface area contributed by atoms with E-state index in [2.05, 4.69) is 0 Å². The number of hydrogen-bond acceptors (Lipinski definition) is 3. The molecule has 114 valence electrons. The van der Waals surface area contributed by atoms with Crippen LogP contribution in [0, 0.1) is 0 Å². The third-order valence-corrected chi connectivity index (χ3v) is 3.85. The minimum atomic E-state index is -0.909. The highest BCUT2D eigenvalue weighted by Gasteiger charge is 2.24. The quantitative estimate of drug-likeness (QED) is 0.916. The summed E-state index contributed by atoms with van der Waals surface area (Å²) in [6.45, 7) is 1.97. The van der Waals surface area contributed by atoms with Gasteiger partial charge in [-0.15, -0.1) is 0 Å². The largest absolute Gasteiger partial charge is 0.478 e. The average molecular weight is 290 g/mol. The van der Waals surface area contributed by atoms with Gasteiger partial charge in [0.15, 0.2) is 0 Å². The van der Waals surface area contributed by atoms with E-state index in [0.717, 1.165) is 31.5 Å². The van der Waals surface area contributed by atoms with Crippen LogP contribution in [0.25, 0.3) is 0 Å². The molecule has 0 unspecified atom stereocenters. The fourth-order valence-electron chi connectivity index (χ4n) is 2.74. The van der Waals surface area contributed by atoms with E-state index in [-0.39, 0.29) is 5.91 Å². The Morgan fingerprint density at radius 2 is 1.95 bits per heavy atom. The lowest BCUT2D eigenvalue weighted by Gasteiger charge is -2.33. The molecule has 1 amide bonds. The zero-order valence-corrected chi connectivity index (χ0v) is 12.6. The van der Waals surface area contributed by atoms with Crippen molar-refractivity contribution in [2.75, 3.05) is 33.7 Å². The summed E-state index contributed by atoms with van der Waals surface area (Å²) in [6, 6.07) is 7.01. The minimum absolute atomic E-state index is 0.159. The van der Waals surface area contributed by atoms with Crippen molar-refractivity contribution in [2.45, 2.75) is 18.8 Å². The van der Waals surface area contributed by atoms with E-state index in [9.17, 15) is 9.59 Å². The first-order valence-electron chi connectivity index (χ1n) is 7.23. The highest BCUT2D eigenvalue weighted by molar-refractivity contribution is 5.87. The van der Waals surface area contributed by atoms with Crippen LogP contribution in [0.4, 0.5) is 0 Å². The number of piperidine rings is 1. The number of likely N-dealkylation sites (N-methyl/N-ethyl adjacent to an activating group) is 1. The molecule has 1 aliphatic rings.